The van der Waals surface area contributed by atoms with Crippen LogP contribution in [0.3, 0.4) is 0 Å². The molecule has 0 heterocycles. The maximum Gasteiger partial charge on any atom is -0.0225 e. The van der Waals surface area contributed by atoms with E-state index in [1.54, 1.807) is 0 Å². The van der Waals surface area contributed by atoms with E-state index in [-0.39, 0.29) is 0 Å². The normalized spacial score (nSPS) is 13.9. The zero-order chi connectivity index (χ0) is 16.3. The molecule has 21 heavy (non-hydrogen) atoms. The molecule has 0 N–H and O–H groups in total. The lowest BCUT2D eigenvalue weighted by molar-refractivity contribution is 0.723. The van der Waals surface area contributed by atoms with Crippen molar-refractivity contribution in [1.82, 2.24) is 0 Å². The highest BCUT2D eigenvalue weighted by atomic mass is 14.0. The monoisotopic (exact) mass is 288 g/mol. The average molecular weight is 289 g/mol. The maximum atomic E-state index is 2.44. The number of allylic oxidation sites excluding steroid dienone is 8. The minimum atomic E-state index is 0.648. The minimum absolute atomic E-state index is 0.648. The molecule has 0 aliphatic heterocycles. The highest BCUT2D eigenvalue weighted by Gasteiger charge is 1.98. The van der Waals surface area contributed by atoms with Gasteiger partial charge in [0, 0.05) is 0 Å². The Labute approximate surface area is 133 Å². The Bertz CT molecular complexity index is 394. The highest BCUT2D eigenvalue weighted by Crippen LogP contribution is 2.15. The predicted octanol–water partition coefficient (Wildman–Crippen LogP) is 7.40. The molecule has 0 saturated carbocycles. The predicted molar refractivity (Wildman–Crippen MR) is 98.6 cm³/mol. The van der Waals surface area contributed by atoms with Gasteiger partial charge in [-0.3, -0.25) is 0 Å². The fourth-order valence-electron chi connectivity index (χ4n) is 2.30. The third-order valence-electron chi connectivity index (χ3n) is 3.59. The average Bonchev–Trinajstić information content (AvgIpc) is 2.35. The van der Waals surface area contributed by atoms with Crippen LogP contribution >= 0.6 is 0 Å². The van der Waals surface area contributed by atoms with Crippen LogP contribution in [-0.4, -0.2) is 0 Å². The Kier molecular flexibility index (Phi) is 11.0. The maximum absolute atomic E-state index is 2.44. The summed E-state index contributed by atoms with van der Waals surface area (Å²) in [5, 5.41) is 0. The highest BCUT2D eigenvalue weighted by molar-refractivity contribution is 5.07. The Balaban J connectivity index is 4.14. The van der Waals surface area contributed by atoms with Crippen molar-refractivity contribution < 1.29 is 0 Å². The van der Waals surface area contributed by atoms with E-state index in [2.05, 4.69) is 72.8 Å². The molecule has 0 aliphatic carbocycles. The second-order valence-electron chi connectivity index (χ2n) is 6.92. The standard InChI is InChI=1S/C21H36/c1-17(2)10-8-12-19(5)14-15-21(7)16-20(6)13-9-11-18(3)4/h10-11,14,16,21H,8-9,12-13,15H2,1-7H3/b19-14-,20-16-. The first kappa shape index (κ1) is 20.0. The van der Waals surface area contributed by atoms with Crippen molar-refractivity contribution >= 4 is 0 Å². The van der Waals surface area contributed by atoms with Crippen LogP contribution in [-0.2, 0) is 0 Å². The first-order valence-electron chi connectivity index (χ1n) is 8.41. The van der Waals surface area contributed by atoms with Gasteiger partial charge < -0.3 is 0 Å². The molecule has 0 aromatic rings. The van der Waals surface area contributed by atoms with Crippen LogP contribution in [0.15, 0.2) is 46.6 Å². The Morgan fingerprint density at radius 2 is 1.19 bits per heavy atom. The third-order valence-corrected chi connectivity index (χ3v) is 3.59. The Morgan fingerprint density at radius 3 is 1.67 bits per heavy atom. The number of hydrogen-bond donors (Lipinski definition) is 0. The Hall–Kier alpha value is -1.04. The minimum Gasteiger partial charge on any atom is -0.0856 e. The lowest BCUT2D eigenvalue weighted by Gasteiger charge is -2.07. The lowest BCUT2D eigenvalue weighted by atomic mass is 9.99. The van der Waals surface area contributed by atoms with Crippen LogP contribution < -0.4 is 0 Å². The molecule has 0 nitrogen and oxygen atoms in total. The first-order valence-corrected chi connectivity index (χ1v) is 8.41. The molecule has 0 amide bonds. The van der Waals surface area contributed by atoms with Gasteiger partial charge in [-0.15, -0.1) is 0 Å². The summed E-state index contributed by atoms with van der Waals surface area (Å²) in [4.78, 5) is 0. The summed E-state index contributed by atoms with van der Waals surface area (Å²) in [5.74, 6) is 0.648. The molecule has 0 spiro atoms. The summed E-state index contributed by atoms with van der Waals surface area (Å²) in [7, 11) is 0. The summed E-state index contributed by atoms with van der Waals surface area (Å²) in [6.45, 7) is 15.5. The summed E-state index contributed by atoms with van der Waals surface area (Å²) in [5.41, 5.74) is 5.89. The fourth-order valence-corrected chi connectivity index (χ4v) is 2.30. The van der Waals surface area contributed by atoms with Gasteiger partial charge in [-0.25, -0.2) is 0 Å². The van der Waals surface area contributed by atoms with Crippen LogP contribution in [0.2, 0.25) is 0 Å². The molecule has 0 aliphatic rings. The molecule has 1 atom stereocenters. The van der Waals surface area contributed by atoms with Gasteiger partial charge >= 0.3 is 0 Å². The van der Waals surface area contributed by atoms with E-state index in [1.807, 2.05) is 0 Å². The van der Waals surface area contributed by atoms with Crippen LogP contribution in [0.4, 0.5) is 0 Å². The molecule has 1 unspecified atom stereocenters. The van der Waals surface area contributed by atoms with Crippen LogP contribution in [0.1, 0.15) is 80.6 Å². The number of rotatable bonds is 9. The van der Waals surface area contributed by atoms with Crippen molar-refractivity contribution in [3.05, 3.63) is 46.6 Å². The van der Waals surface area contributed by atoms with Crippen LogP contribution in [0, 0.1) is 5.92 Å². The summed E-state index contributed by atoms with van der Waals surface area (Å²) in [6, 6.07) is 0. The van der Waals surface area contributed by atoms with Gasteiger partial charge in [-0.05, 0) is 79.6 Å². The second kappa shape index (κ2) is 11.6. The molecular formula is C21H36. The molecule has 0 aromatic carbocycles. The summed E-state index contributed by atoms with van der Waals surface area (Å²) < 4.78 is 0. The van der Waals surface area contributed by atoms with Crippen molar-refractivity contribution in [2.45, 2.75) is 80.6 Å². The van der Waals surface area contributed by atoms with Gasteiger partial charge in [0.25, 0.3) is 0 Å². The van der Waals surface area contributed by atoms with E-state index >= 15 is 0 Å². The van der Waals surface area contributed by atoms with Crippen molar-refractivity contribution in [3.63, 3.8) is 0 Å². The largest absolute Gasteiger partial charge is 0.0856 e. The number of hydrogen-bond acceptors (Lipinski definition) is 0. The van der Waals surface area contributed by atoms with Crippen molar-refractivity contribution in [2.75, 3.05) is 0 Å². The zero-order valence-electron chi connectivity index (χ0n) is 15.4. The molecule has 0 aromatic heterocycles. The zero-order valence-corrected chi connectivity index (χ0v) is 15.4. The van der Waals surface area contributed by atoms with Crippen LogP contribution in [0.25, 0.3) is 0 Å². The Morgan fingerprint density at radius 1 is 0.714 bits per heavy atom. The quantitative estimate of drug-likeness (QED) is 0.388. The molecule has 0 bridgehead atoms. The molecule has 120 valence electrons. The third kappa shape index (κ3) is 13.7. The molecule has 0 radical (unpaired) electrons. The SMILES string of the molecule is CC(C)=CCC/C(C)=C\CC(C)/C=C(/C)CCC=C(C)C. The molecular weight excluding hydrogens is 252 g/mol. The van der Waals surface area contributed by atoms with Gasteiger partial charge in [0.2, 0.25) is 0 Å². The van der Waals surface area contributed by atoms with E-state index in [0.29, 0.717) is 5.92 Å². The van der Waals surface area contributed by atoms with Crippen molar-refractivity contribution in [1.29, 1.82) is 0 Å². The van der Waals surface area contributed by atoms with Crippen LogP contribution in [0.5, 0.6) is 0 Å². The van der Waals surface area contributed by atoms with Gasteiger partial charge in [-0.2, -0.15) is 0 Å². The van der Waals surface area contributed by atoms with E-state index in [4.69, 9.17) is 0 Å². The van der Waals surface area contributed by atoms with Gasteiger partial charge in [0.15, 0.2) is 0 Å². The fraction of sp³-hybridized carbons (Fsp3) is 0.619. The smallest absolute Gasteiger partial charge is 0.0225 e. The molecule has 0 heteroatoms. The van der Waals surface area contributed by atoms with Gasteiger partial charge in [-0.1, -0.05) is 53.5 Å². The molecule has 0 saturated heterocycles. The lowest BCUT2D eigenvalue weighted by Crippen LogP contribution is -1.90. The van der Waals surface area contributed by atoms with Crippen molar-refractivity contribution in [3.8, 4) is 0 Å². The molecule has 0 rings (SSSR count). The van der Waals surface area contributed by atoms with E-state index in [9.17, 15) is 0 Å². The van der Waals surface area contributed by atoms with E-state index < -0.39 is 0 Å². The second-order valence-corrected chi connectivity index (χ2v) is 6.92. The summed E-state index contributed by atoms with van der Waals surface area (Å²) in [6.07, 6.45) is 15.4. The van der Waals surface area contributed by atoms with E-state index in [0.717, 1.165) is 0 Å². The van der Waals surface area contributed by atoms with Gasteiger partial charge in [0.05, 0.1) is 0 Å². The topological polar surface area (TPSA) is 0 Å². The summed E-state index contributed by atoms with van der Waals surface area (Å²) >= 11 is 0. The van der Waals surface area contributed by atoms with Crippen molar-refractivity contribution in [2.24, 2.45) is 5.92 Å². The first-order chi connectivity index (χ1) is 9.81. The van der Waals surface area contributed by atoms with E-state index in [1.165, 1.54) is 54.4 Å². The van der Waals surface area contributed by atoms with Gasteiger partial charge in [0.1, 0.15) is 0 Å². The molecule has 0 fully saturated rings.